The first-order chi connectivity index (χ1) is 10.8. The molecule has 1 aliphatic heterocycles. The van der Waals surface area contributed by atoms with Crippen LogP contribution in [0.5, 0.6) is 5.75 Å². The minimum Gasteiger partial charge on any atom is -0.491 e. The lowest BCUT2D eigenvalue weighted by atomic mass is 10.1. The molecule has 2 N–H and O–H groups in total. The zero-order chi connectivity index (χ0) is 15.4. The van der Waals surface area contributed by atoms with Crippen molar-refractivity contribution in [3.05, 3.63) is 59.7 Å². The summed E-state index contributed by atoms with van der Waals surface area (Å²) in [6, 6.07) is 15.4. The molecule has 0 saturated carbocycles. The first-order valence-corrected chi connectivity index (χ1v) is 7.28. The Morgan fingerprint density at radius 2 is 1.95 bits per heavy atom. The Morgan fingerprint density at radius 3 is 2.73 bits per heavy atom. The molecule has 0 atom stereocenters. The summed E-state index contributed by atoms with van der Waals surface area (Å²) in [4.78, 5) is 13.8. The Morgan fingerprint density at radius 1 is 1.14 bits per heavy atom. The number of anilines is 1. The van der Waals surface area contributed by atoms with Crippen LogP contribution in [0.1, 0.15) is 15.9 Å². The van der Waals surface area contributed by atoms with Gasteiger partial charge in [0.1, 0.15) is 12.4 Å². The zero-order valence-electron chi connectivity index (χ0n) is 12.2. The van der Waals surface area contributed by atoms with Crippen LogP contribution in [0.2, 0.25) is 0 Å². The van der Waals surface area contributed by atoms with Gasteiger partial charge in [0, 0.05) is 17.8 Å². The van der Waals surface area contributed by atoms with E-state index in [0.717, 1.165) is 30.8 Å². The van der Waals surface area contributed by atoms with Gasteiger partial charge in [0.2, 0.25) is 0 Å². The Kier molecular flexibility index (Phi) is 4.25. The summed E-state index contributed by atoms with van der Waals surface area (Å²) in [5.74, 6) is 0.298. The molecule has 1 aliphatic rings. The van der Waals surface area contributed by atoms with E-state index in [2.05, 4.69) is 17.0 Å². The number of hydroxylamine groups is 1. The summed E-state index contributed by atoms with van der Waals surface area (Å²) in [6.45, 7) is 2.26. The summed E-state index contributed by atoms with van der Waals surface area (Å²) >= 11 is 0. The van der Waals surface area contributed by atoms with E-state index in [1.807, 2.05) is 18.2 Å². The second-order valence-electron chi connectivity index (χ2n) is 5.18. The molecule has 2 aromatic carbocycles. The largest absolute Gasteiger partial charge is 0.491 e. The van der Waals surface area contributed by atoms with Gasteiger partial charge in [0.15, 0.2) is 0 Å². The fourth-order valence-corrected chi connectivity index (χ4v) is 2.65. The van der Waals surface area contributed by atoms with Crippen LogP contribution in [0.4, 0.5) is 5.69 Å². The van der Waals surface area contributed by atoms with Crippen molar-refractivity contribution in [1.29, 1.82) is 0 Å². The summed E-state index contributed by atoms with van der Waals surface area (Å²) in [5.41, 5.74) is 4.23. The number of nitrogens with one attached hydrogen (secondary N) is 1. The van der Waals surface area contributed by atoms with Crippen LogP contribution in [0.3, 0.4) is 0 Å². The monoisotopic (exact) mass is 298 g/mol. The van der Waals surface area contributed by atoms with E-state index in [1.165, 1.54) is 5.69 Å². The van der Waals surface area contributed by atoms with Crippen molar-refractivity contribution < 1.29 is 14.7 Å². The molecule has 0 aliphatic carbocycles. The average molecular weight is 298 g/mol. The molecule has 1 heterocycles. The predicted octanol–water partition coefficient (Wildman–Crippen LogP) is 2.25. The number of carbonyl (C=O) groups is 1. The molecule has 2 aromatic rings. The standard InChI is InChI=1S/C17H18N2O3/c20-17(18-21)14-6-7-16-13(12-14)8-9-19(10-11-22-16)15-4-2-1-3-5-15/h1-7,12,21H,8-11H2,(H,18,20). The molecule has 0 spiro atoms. The van der Waals surface area contributed by atoms with E-state index in [4.69, 9.17) is 9.94 Å². The lowest BCUT2D eigenvalue weighted by molar-refractivity contribution is 0.0706. The fourth-order valence-electron chi connectivity index (χ4n) is 2.65. The molecule has 0 radical (unpaired) electrons. The number of hydrogen-bond donors (Lipinski definition) is 2. The van der Waals surface area contributed by atoms with Gasteiger partial charge in [0.25, 0.3) is 5.91 Å². The predicted molar refractivity (Wildman–Crippen MR) is 83.5 cm³/mol. The van der Waals surface area contributed by atoms with Crippen molar-refractivity contribution in [3.63, 3.8) is 0 Å². The molecule has 5 heteroatoms. The third-order valence-electron chi connectivity index (χ3n) is 3.82. The molecule has 1 amide bonds. The SMILES string of the molecule is O=C(NO)c1ccc2c(c1)CCN(c1ccccc1)CCO2. The van der Waals surface area contributed by atoms with Crippen molar-refractivity contribution in [2.75, 3.05) is 24.6 Å². The number of ether oxygens (including phenoxy) is 1. The molecule has 5 nitrogen and oxygen atoms in total. The van der Waals surface area contributed by atoms with Gasteiger partial charge in [-0.15, -0.1) is 0 Å². The molecule has 114 valence electrons. The van der Waals surface area contributed by atoms with Gasteiger partial charge in [-0.05, 0) is 42.3 Å². The van der Waals surface area contributed by atoms with Gasteiger partial charge in [-0.2, -0.15) is 0 Å². The quantitative estimate of drug-likeness (QED) is 0.659. The van der Waals surface area contributed by atoms with E-state index in [-0.39, 0.29) is 0 Å². The van der Waals surface area contributed by atoms with Crippen LogP contribution in [0, 0.1) is 0 Å². The third kappa shape index (κ3) is 3.04. The van der Waals surface area contributed by atoms with Gasteiger partial charge < -0.3 is 9.64 Å². The third-order valence-corrected chi connectivity index (χ3v) is 3.82. The minimum atomic E-state index is -0.509. The molecular formula is C17H18N2O3. The number of nitrogens with zero attached hydrogens (tertiary/aromatic N) is 1. The maximum absolute atomic E-state index is 11.5. The molecule has 0 bridgehead atoms. The Bertz CT molecular complexity index is 658. The van der Waals surface area contributed by atoms with E-state index in [0.29, 0.717) is 12.2 Å². The summed E-state index contributed by atoms with van der Waals surface area (Å²) in [7, 11) is 0. The van der Waals surface area contributed by atoms with Crippen molar-refractivity contribution in [2.24, 2.45) is 0 Å². The number of amides is 1. The highest BCUT2D eigenvalue weighted by atomic mass is 16.5. The maximum Gasteiger partial charge on any atom is 0.274 e. The van der Waals surface area contributed by atoms with Crippen molar-refractivity contribution in [1.82, 2.24) is 5.48 Å². The Hall–Kier alpha value is -2.53. The number of carbonyl (C=O) groups excluding carboxylic acids is 1. The fraction of sp³-hybridized carbons (Fsp3) is 0.235. The Labute approximate surface area is 129 Å². The van der Waals surface area contributed by atoms with Gasteiger partial charge in [-0.3, -0.25) is 10.0 Å². The molecule has 0 aromatic heterocycles. The van der Waals surface area contributed by atoms with Crippen LogP contribution >= 0.6 is 0 Å². The molecular weight excluding hydrogens is 280 g/mol. The number of benzene rings is 2. The van der Waals surface area contributed by atoms with Crippen LogP contribution in [0.15, 0.2) is 48.5 Å². The van der Waals surface area contributed by atoms with E-state index in [9.17, 15) is 4.79 Å². The van der Waals surface area contributed by atoms with Gasteiger partial charge >= 0.3 is 0 Å². The minimum absolute atomic E-state index is 0.427. The van der Waals surface area contributed by atoms with Crippen molar-refractivity contribution in [3.8, 4) is 5.75 Å². The van der Waals surface area contributed by atoms with Crippen molar-refractivity contribution >= 4 is 11.6 Å². The topological polar surface area (TPSA) is 61.8 Å². The van der Waals surface area contributed by atoms with Crippen LogP contribution in [-0.4, -0.2) is 30.8 Å². The van der Waals surface area contributed by atoms with Crippen LogP contribution in [0.25, 0.3) is 0 Å². The number of rotatable bonds is 2. The molecule has 0 unspecified atom stereocenters. The highest BCUT2D eigenvalue weighted by Gasteiger charge is 2.15. The maximum atomic E-state index is 11.5. The molecule has 22 heavy (non-hydrogen) atoms. The first-order valence-electron chi connectivity index (χ1n) is 7.28. The van der Waals surface area contributed by atoms with E-state index in [1.54, 1.807) is 23.7 Å². The van der Waals surface area contributed by atoms with Crippen LogP contribution < -0.4 is 15.1 Å². The molecule has 0 saturated heterocycles. The number of para-hydroxylation sites is 1. The van der Waals surface area contributed by atoms with Gasteiger partial charge in [0.05, 0.1) is 6.54 Å². The van der Waals surface area contributed by atoms with E-state index < -0.39 is 5.91 Å². The van der Waals surface area contributed by atoms with E-state index >= 15 is 0 Å². The Balaban J connectivity index is 1.81. The highest BCUT2D eigenvalue weighted by Crippen LogP contribution is 2.24. The van der Waals surface area contributed by atoms with Crippen molar-refractivity contribution in [2.45, 2.75) is 6.42 Å². The second kappa shape index (κ2) is 6.49. The summed E-state index contributed by atoms with van der Waals surface area (Å²) in [6.07, 6.45) is 0.775. The first kappa shape index (κ1) is 14.4. The number of hydrogen-bond acceptors (Lipinski definition) is 4. The number of fused-ring (bicyclic) bond motifs is 1. The smallest absolute Gasteiger partial charge is 0.274 e. The molecule has 3 rings (SSSR count). The molecule has 0 fully saturated rings. The normalized spacial score (nSPS) is 14.3. The van der Waals surface area contributed by atoms with Gasteiger partial charge in [-0.25, -0.2) is 5.48 Å². The summed E-state index contributed by atoms with van der Waals surface area (Å²) in [5, 5.41) is 8.74. The second-order valence-corrected chi connectivity index (χ2v) is 5.18. The lowest BCUT2D eigenvalue weighted by Crippen LogP contribution is -2.32. The summed E-state index contributed by atoms with van der Waals surface area (Å²) < 4.78 is 5.81. The van der Waals surface area contributed by atoms with Crippen LogP contribution in [-0.2, 0) is 6.42 Å². The highest BCUT2D eigenvalue weighted by molar-refractivity contribution is 5.93. The average Bonchev–Trinajstić information content (AvgIpc) is 2.55. The van der Waals surface area contributed by atoms with Gasteiger partial charge in [-0.1, -0.05) is 18.2 Å². The lowest BCUT2D eigenvalue weighted by Gasteiger charge is -2.28. The zero-order valence-corrected chi connectivity index (χ0v) is 12.2.